The van der Waals surface area contributed by atoms with E-state index in [9.17, 15) is 4.39 Å². The van der Waals surface area contributed by atoms with Gasteiger partial charge in [0.1, 0.15) is 27.7 Å². The van der Waals surface area contributed by atoms with Gasteiger partial charge in [0.25, 0.3) is 0 Å². The van der Waals surface area contributed by atoms with E-state index in [-0.39, 0.29) is 5.82 Å². The average molecular weight is 399 g/mol. The van der Waals surface area contributed by atoms with E-state index in [0.717, 1.165) is 11.1 Å². The van der Waals surface area contributed by atoms with Crippen LogP contribution in [0.2, 0.25) is 0 Å². The summed E-state index contributed by atoms with van der Waals surface area (Å²) in [6.07, 6.45) is 1.64. The molecule has 4 rings (SSSR count). The standard InChI is InChI=1S/C18H12BrFN4O/c19-16-15-8-9-22-18(21)24(15)17(23-16)11-4-6-13(7-5-11)25-14-3-1-2-12(20)10-14/h1-10H,(H2,21,22). The minimum atomic E-state index is -0.342. The summed E-state index contributed by atoms with van der Waals surface area (Å²) in [5.41, 5.74) is 7.67. The second kappa shape index (κ2) is 6.18. The van der Waals surface area contributed by atoms with Crippen molar-refractivity contribution in [2.24, 2.45) is 0 Å². The van der Waals surface area contributed by atoms with Crippen LogP contribution in [0.25, 0.3) is 16.9 Å². The van der Waals surface area contributed by atoms with Crippen molar-refractivity contribution in [2.45, 2.75) is 0 Å². The Labute approximate surface area is 151 Å². The van der Waals surface area contributed by atoms with Gasteiger partial charge in [-0.05, 0) is 58.4 Å². The lowest BCUT2D eigenvalue weighted by molar-refractivity contribution is 0.477. The molecule has 25 heavy (non-hydrogen) atoms. The maximum Gasteiger partial charge on any atom is 0.206 e. The lowest BCUT2D eigenvalue weighted by atomic mass is 10.2. The second-order valence-corrected chi connectivity index (χ2v) is 6.08. The number of nitrogens with two attached hydrogens (primary N) is 1. The topological polar surface area (TPSA) is 65.4 Å². The van der Waals surface area contributed by atoms with Gasteiger partial charge >= 0.3 is 0 Å². The molecule has 0 bridgehead atoms. The van der Waals surface area contributed by atoms with E-state index in [1.54, 1.807) is 34.9 Å². The Morgan fingerprint density at radius 2 is 1.84 bits per heavy atom. The number of hydrogen-bond donors (Lipinski definition) is 1. The molecule has 2 heterocycles. The van der Waals surface area contributed by atoms with E-state index in [4.69, 9.17) is 10.5 Å². The lowest BCUT2D eigenvalue weighted by Gasteiger charge is -2.07. The van der Waals surface area contributed by atoms with Gasteiger partial charge in [-0.1, -0.05) is 6.07 Å². The van der Waals surface area contributed by atoms with Gasteiger partial charge in [0.2, 0.25) is 5.95 Å². The summed E-state index contributed by atoms with van der Waals surface area (Å²) in [7, 11) is 0. The van der Waals surface area contributed by atoms with Crippen LogP contribution in [0.3, 0.4) is 0 Å². The number of anilines is 1. The van der Waals surface area contributed by atoms with Gasteiger partial charge in [0.05, 0.1) is 5.52 Å². The van der Waals surface area contributed by atoms with E-state index >= 15 is 0 Å². The predicted molar refractivity (Wildman–Crippen MR) is 97.0 cm³/mol. The molecule has 0 fully saturated rings. The summed E-state index contributed by atoms with van der Waals surface area (Å²) in [4.78, 5) is 8.62. The van der Waals surface area contributed by atoms with Gasteiger partial charge in [-0.3, -0.25) is 4.40 Å². The Kier molecular flexibility index (Phi) is 3.85. The molecule has 0 atom stereocenters. The van der Waals surface area contributed by atoms with Crippen molar-refractivity contribution >= 4 is 27.4 Å². The van der Waals surface area contributed by atoms with E-state index in [0.29, 0.717) is 27.9 Å². The smallest absolute Gasteiger partial charge is 0.206 e. The highest BCUT2D eigenvalue weighted by Crippen LogP contribution is 2.30. The molecule has 2 N–H and O–H groups in total. The number of benzene rings is 2. The first kappa shape index (κ1) is 15.6. The summed E-state index contributed by atoms with van der Waals surface area (Å²) >= 11 is 3.44. The Morgan fingerprint density at radius 3 is 2.60 bits per heavy atom. The maximum atomic E-state index is 13.2. The number of rotatable bonds is 3. The van der Waals surface area contributed by atoms with Crippen LogP contribution in [-0.4, -0.2) is 14.4 Å². The number of nitrogens with zero attached hydrogens (tertiary/aromatic N) is 3. The maximum absolute atomic E-state index is 13.2. The van der Waals surface area contributed by atoms with Crippen LogP contribution in [0.1, 0.15) is 0 Å². The highest BCUT2D eigenvalue weighted by Gasteiger charge is 2.13. The molecule has 0 saturated carbocycles. The Hall–Kier alpha value is -2.93. The number of nitrogen functional groups attached to an aromatic ring is 1. The van der Waals surface area contributed by atoms with Crippen LogP contribution in [0.5, 0.6) is 11.5 Å². The zero-order valence-electron chi connectivity index (χ0n) is 12.9. The Bertz CT molecular complexity index is 1060. The Balaban J connectivity index is 1.69. The molecule has 0 radical (unpaired) electrons. The van der Waals surface area contributed by atoms with Gasteiger partial charge in [-0.15, -0.1) is 0 Å². The molecule has 0 aliphatic carbocycles. The highest BCUT2D eigenvalue weighted by atomic mass is 79.9. The molecule has 0 unspecified atom stereocenters. The van der Waals surface area contributed by atoms with E-state index in [2.05, 4.69) is 25.9 Å². The van der Waals surface area contributed by atoms with Crippen LogP contribution in [0, 0.1) is 5.82 Å². The number of halogens is 2. The third-order valence-corrected chi connectivity index (χ3v) is 4.26. The first-order chi connectivity index (χ1) is 12.1. The lowest BCUT2D eigenvalue weighted by Crippen LogP contribution is -2.01. The minimum absolute atomic E-state index is 0.342. The first-order valence-electron chi connectivity index (χ1n) is 7.44. The van der Waals surface area contributed by atoms with E-state index in [1.807, 2.05) is 18.2 Å². The molecule has 0 amide bonds. The molecule has 2 aromatic heterocycles. The van der Waals surface area contributed by atoms with E-state index < -0.39 is 0 Å². The zero-order valence-corrected chi connectivity index (χ0v) is 14.4. The van der Waals surface area contributed by atoms with Gasteiger partial charge in [-0.25, -0.2) is 14.4 Å². The van der Waals surface area contributed by atoms with Crippen molar-refractivity contribution in [2.75, 3.05) is 5.73 Å². The third-order valence-electron chi connectivity index (χ3n) is 3.68. The molecule has 4 aromatic rings. The van der Waals surface area contributed by atoms with Crippen molar-refractivity contribution in [1.29, 1.82) is 0 Å². The predicted octanol–water partition coefficient (Wildman–Crippen LogP) is 4.67. The number of hydrogen-bond acceptors (Lipinski definition) is 4. The quantitative estimate of drug-likeness (QED) is 0.544. The fourth-order valence-electron chi connectivity index (χ4n) is 2.56. The van der Waals surface area contributed by atoms with Crippen molar-refractivity contribution in [3.05, 3.63) is 71.2 Å². The number of imidazole rings is 1. The van der Waals surface area contributed by atoms with Gasteiger partial charge in [0.15, 0.2) is 0 Å². The van der Waals surface area contributed by atoms with Crippen molar-refractivity contribution in [1.82, 2.24) is 14.4 Å². The molecule has 0 aliphatic heterocycles. The fourth-order valence-corrected chi connectivity index (χ4v) is 3.03. The molecule has 5 nitrogen and oxygen atoms in total. The van der Waals surface area contributed by atoms with Gasteiger partial charge in [0, 0.05) is 17.8 Å². The SMILES string of the molecule is Nc1nccc2c(Br)nc(-c3ccc(Oc4cccc(F)c4)cc3)n12. The zero-order chi connectivity index (χ0) is 17.4. The van der Waals surface area contributed by atoms with Crippen LogP contribution in [0.15, 0.2) is 65.4 Å². The molecule has 2 aromatic carbocycles. The van der Waals surface area contributed by atoms with Crippen molar-refractivity contribution in [3.63, 3.8) is 0 Å². The molecular formula is C18H12BrFN4O. The summed E-state index contributed by atoms with van der Waals surface area (Å²) < 4.78 is 21.3. The van der Waals surface area contributed by atoms with E-state index in [1.165, 1.54) is 12.1 Å². The molecule has 124 valence electrons. The summed E-state index contributed by atoms with van der Waals surface area (Å²) in [5.74, 6) is 1.72. The van der Waals surface area contributed by atoms with Crippen LogP contribution < -0.4 is 10.5 Å². The largest absolute Gasteiger partial charge is 0.457 e. The average Bonchev–Trinajstić information content (AvgIpc) is 2.94. The number of fused-ring (bicyclic) bond motifs is 1. The summed E-state index contributed by atoms with van der Waals surface area (Å²) in [5, 5.41) is 0. The molecular weight excluding hydrogens is 387 g/mol. The molecule has 0 aliphatic rings. The Morgan fingerprint density at radius 1 is 1.04 bits per heavy atom. The fraction of sp³-hybridized carbons (Fsp3) is 0. The third kappa shape index (κ3) is 2.94. The normalized spacial score (nSPS) is 11.0. The summed E-state index contributed by atoms with van der Waals surface area (Å²) in [6.45, 7) is 0. The molecule has 0 saturated heterocycles. The minimum Gasteiger partial charge on any atom is -0.457 e. The second-order valence-electron chi connectivity index (χ2n) is 5.33. The highest BCUT2D eigenvalue weighted by molar-refractivity contribution is 9.10. The molecule has 0 spiro atoms. The monoisotopic (exact) mass is 398 g/mol. The number of ether oxygens (including phenoxy) is 1. The first-order valence-corrected chi connectivity index (χ1v) is 8.23. The van der Waals surface area contributed by atoms with Crippen LogP contribution in [-0.2, 0) is 0 Å². The van der Waals surface area contributed by atoms with Gasteiger partial charge < -0.3 is 10.5 Å². The summed E-state index contributed by atoms with van der Waals surface area (Å²) in [6, 6.07) is 15.1. The number of aromatic nitrogens is 3. The van der Waals surface area contributed by atoms with Crippen molar-refractivity contribution < 1.29 is 9.13 Å². The van der Waals surface area contributed by atoms with Crippen LogP contribution >= 0.6 is 15.9 Å². The molecule has 7 heteroatoms. The van der Waals surface area contributed by atoms with Gasteiger partial charge in [-0.2, -0.15) is 0 Å². The van der Waals surface area contributed by atoms with Crippen LogP contribution in [0.4, 0.5) is 10.3 Å². The van der Waals surface area contributed by atoms with Crippen molar-refractivity contribution in [3.8, 4) is 22.9 Å².